The SMILES string of the molecule is CCNC(CC)C(=O)c1ccc(OC)cc1Cl. The molecule has 0 bridgehead atoms. The fraction of sp³-hybridized carbons (Fsp3) is 0.462. The van der Waals surface area contributed by atoms with E-state index < -0.39 is 0 Å². The van der Waals surface area contributed by atoms with E-state index in [1.54, 1.807) is 25.3 Å². The third-order valence-corrected chi connectivity index (χ3v) is 2.93. The number of Topliss-reactive ketones (excluding diaryl/α,β-unsaturated/α-hetero) is 1. The summed E-state index contributed by atoms with van der Waals surface area (Å²) in [4.78, 5) is 12.2. The lowest BCUT2D eigenvalue weighted by Gasteiger charge is -2.15. The molecule has 0 spiro atoms. The molecular formula is C13H18ClNO2. The molecule has 0 radical (unpaired) electrons. The molecule has 1 unspecified atom stereocenters. The van der Waals surface area contributed by atoms with Gasteiger partial charge in [0.1, 0.15) is 5.75 Å². The number of ketones is 1. The van der Waals surface area contributed by atoms with Gasteiger partial charge in [0.15, 0.2) is 5.78 Å². The molecule has 0 aliphatic heterocycles. The van der Waals surface area contributed by atoms with Crippen molar-refractivity contribution in [3.8, 4) is 5.75 Å². The van der Waals surface area contributed by atoms with Gasteiger partial charge in [0, 0.05) is 5.56 Å². The van der Waals surface area contributed by atoms with Crippen LogP contribution >= 0.6 is 11.6 Å². The van der Waals surface area contributed by atoms with Gasteiger partial charge in [-0.3, -0.25) is 4.79 Å². The van der Waals surface area contributed by atoms with Crippen molar-refractivity contribution in [3.63, 3.8) is 0 Å². The third-order valence-electron chi connectivity index (χ3n) is 2.62. The fourth-order valence-electron chi connectivity index (χ4n) is 1.68. The van der Waals surface area contributed by atoms with Crippen LogP contribution in [0.25, 0.3) is 0 Å². The van der Waals surface area contributed by atoms with Gasteiger partial charge in [-0.1, -0.05) is 25.4 Å². The number of carbonyl (C=O) groups is 1. The molecule has 1 rings (SSSR count). The Bertz CT molecular complexity index is 393. The van der Waals surface area contributed by atoms with Gasteiger partial charge in [-0.15, -0.1) is 0 Å². The summed E-state index contributed by atoms with van der Waals surface area (Å²) in [6.45, 7) is 4.71. The molecule has 0 aliphatic carbocycles. The first-order valence-corrected chi connectivity index (χ1v) is 6.12. The van der Waals surface area contributed by atoms with Gasteiger partial charge in [-0.2, -0.15) is 0 Å². The zero-order valence-electron chi connectivity index (χ0n) is 10.4. The number of hydrogen-bond acceptors (Lipinski definition) is 3. The lowest BCUT2D eigenvalue weighted by molar-refractivity contribution is 0.0941. The molecule has 0 aliphatic rings. The van der Waals surface area contributed by atoms with Crippen LogP contribution in [0.4, 0.5) is 0 Å². The highest BCUT2D eigenvalue weighted by molar-refractivity contribution is 6.34. The summed E-state index contributed by atoms with van der Waals surface area (Å²) in [6.07, 6.45) is 0.745. The summed E-state index contributed by atoms with van der Waals surface area (Å²) in [5.41, 5.74) is 0.542. The largest absolute Gasteiger partial charge is 0.497 e. The minimum absolute atomic E-state index is 0.0296. The van der Waals surface area contributed by atoms with Crippen LogP contribution < -0.4 is 10.1 Å². The molecule has 1 atom stereocenters. The van der Waals surface area contributed by atoms with Crippen LogP contribution in [0.3, 0.4) is 0 Å². The Hall–Kier alpha value is -1.06. The number of rotatable bonds is 6. The van der Waals surface area contributed by atoms with Crippen molar-refractivity contribution in [2.24, 2.45) is 0 Å². The highest BCUT2D eigenvalue weighted by Crippen LogP contribution is 2.23. The maximum atomic E-state index is 12.2. The molecule has 1 aromatic rings. The minimum atomic E-state index is -0.175. The monoisotopic (exact) mass is 255 g/mol. The van der Waals surface area contributed by atoms with Crippen LogP contribution in [0.1, 0.15) is 30.6 Å². The molecule has 94 valence electrons. The van der Waals surface area contributed by atoms with Crippen molar-refractivity contribution >= 4 is 17.4 Å². The van der Waals surface area contributed by atoms with E-state index in [9.17, 15) is 4.79 Å². The van der Waals surface area contributed by atoms with Crippen molar-refractivity contribution in [1.29, 1.82) is 0 Å². The number of benzene rings is 1. The number of hydrogen-bond donors (Lipinski definition) is 1. The van der Waals surface area contributed by atoms with Crippen molar-refractivity contribution in [1.82, 2.24) is 5.32 Å². The van der Waals surface area contributed by atoms with Gasteiger partial charge in [0.25, 0.3) is 0 Å². The highest BCUT2D eigenvalue weighted by Gasteiger charge is 2.19. The quantitative estimate of drug-likeness (QED) is 0.795. The molecule has 17 heavy (non-hydrogen) atoms. The van der Waals surface area contributed by atoms with Crippen molar-refractivity contribution in [2.45, 2.75) is 26.3 Å². The first-order valence-electron chi connectivity index (χ1n) is 5.75. The second-order valence-corrected chi connectivity index (χ2v) is 4.14. The lowest BCUT2D eigenvalue weighted by atomic mass is 10.0. The van der Waals surface area contributed by atoms with Crippen LogP contribution in [0, 0.1) is 0 Å². The smallest absolute Gasteiger partial charge is 0.181 e. The van der Waals surface area contributed by atoms with E-state index in [0.29, 0.717) is 16.3 Å². The van der Waals surface area contributed by atoms with Crippen molar-refractivity contribution in [3.05, 3.63) is 28.8 Å². The summed E-state index contributed by atoms with van der Waals surface area (Å²) in [7, 11) is 1.57. The predicted octanol–water partition coefficient (Wildman–Crippen LogP) is 2.92. The maximum Gasteiger partial charge on any atom is 0.181 e. The van der Waals surface area contributed by atoms with Gasteiger partial charge in [-0.05, 0) is 31.2 Å². The predicted molar refractivity (Wildman–Crippen MR) is 70.1 cm³/mol. The summed E-state index contributed by atoms with van der Waals surface area (Å²) < 4.78 is 5.05. The Morgan fingerprint density at radius 2 is 2.18 bits per heavy atom. The molecule has 0 amide bonds. The Kier molecular flexibility index (Phi) is 5.45. The van der Waals surface area contributed by atoms with Crippen LogP contribution in [0.15, 0.2) is 18.2 Å². The fourth-order valence-corrected chi connectivity index (χ4v) is 1.94. The summed E-state index contributed by atoms with van der Waals surface area (Å²) in [6, 6.07) is 4.94. The molecule has 4 heteroatoms. The Morgan fingerprint density at radius 3 is 2.65 bits per heavy atom. The molecule has 0 fully saturated rings. The zero-order valence-corrected chi connectivity index (χ0v) is 11.2. The summed E-state index contributed by atoms with van der Waals surface area (Å²) in [5, 5.41) is 3.58. The molecule has 0 aromatic heterocycles. The van der Waals surface area contributed by atoms with E-state index in [-0.39, 0.29) is 11.8 Å². The summed E-state index contributed by atoms with van der Waals surface area (Å²) >= 11 is 6.08. The van der Waals surface area contributed by atoms with E-state index >= 15 is 0 Å². The van der Waals surface area contributed by atoms with Crippen LogP contribution in [-0.2, 0) is 0 Å². The number of methoxy groups -OCH3 is 1. The Morgan fingerprint density at radius 1 is 1.47 bits per heavy atom. The standard InChI is InChI=1S/C13H18ClNO2/c1-4-12(15-5-2)13(16)10-7-6-9(17-3)8-11(10)14/h6-8,12,15H,4-5H2,1-3H3. The topological polar surface area (TPSA) is 38.3 Å². The van der Waals surface area contributed by atoms with E-state index in [4.69, 9.17) is 16.3 Å². The van der Waals surface area contributed by atoms with Gasteiger partial charge in [0.05, 0.1) is 18.2 Å². The Balaban J connectivity index is 2.95. The molecule has 1 N–H and O–H groups in total. The van der Waals surface area contributed by atoms with E-state index in [1.165, 1.54) is 0 Å². The van der Waals surface area contributed by atoms with E-state index in [0.717, 1.165) is 13.0 Å². The number of likely N-dealkylation sites (N-methyl/N-ethyl adjacent to an activating group) is 1. The molecule has 0 heterocycles. The van der Waals surface area contributed by atoms with Crippen molar-refractivity contribution < 1.29 is 9.53 Å². The zero-order chi connectivity index (χ0) is 12.8. The molecule has 3 nitrogen and oxygen atoms in total. The van der Waals surface area contributed by atoms with E-state index in [2.05, 4.69) is 5.32 Å². The normalized spacial score (nSPS) is 12.2. The highest BCUT2D eigenvalue weighted by atomic mass is 35.5. The van der Waals surface area contributed by atoms with Gasteiger partial charge in [0.2, 0.25) is 0 Å². The average Bonchev–Trinajstić information content (AvgIpc) is 2.35. The number of nitrogens with one attached hydrogen (secondary N) is 1. The third kappa shape index (κ3) is 3.45. The Labute approximate surface area is 107 Å². The molecular weight excluding hydrogens is 238 g/mol. The van der Waals surface area contributed by atoms with Gasteiger partial charge in [-0.25, -0.2) is 0 Å². The van der Waals surface area contributed by atoms with Crippen molar-refractivity contribution in [2.75, 3.05) is 13.7 Å². The van der Waals surface area contributed by atoms with Crippen LogP contribution in [0.5, 0.6) is 5.75 Å². The molecule has 0 saturated heterocycles. The second kappa shape index (κ2) is 6.62. The first kappa shape index (κ1) is 14.0. The molecule has 0 saturated carbocycles. The second-order valence-electron chi connectivity index (χ2n) is 3.73. The maximum absolute atomic E-state index is 12.2. The molecule has 1 aromatic carbocycles. The van der Waals surface area contributed by atoms with Crippen LogP contribution in [0.2, 0.25) is 5.02 Å². The summed E-state index contributed by atoms with van der Waals surface area (Å²) in [5.74, 6) is 0.685. The number of halogens is 1. The van der Waals surface area contributed by atoms with Gasteiger partial charge < -0.3 is 10.1 Å². The average molecular weight is 256 g/mol. The number of carbonyl (C=O) groups excluding carboxylic acids is 1. The van der Waals surface area contributed by atoms with Crippen LogP contribution in [-0.4, -0.2) is 25.5 Å². The lowest BCUT2D eigenvalue weighted by Crippen LogP contribution is -2.36. The minimum Gasteiger partial charge on any atom is -0.497 e. The first-order chi connectivity index (χ1) is 8.13. The van der Waals surface area contributed by atoms with Gasteiger partial charge >= 0.3 is 0 Å². The number of ether oxygens (including phenoxy) is 1. The van der Waals surface area contributed by atoms with E-state index in [1.807, 2.05) is 13.8 Å².